The van der Waals surface area contributed by atoms with Crippen molar-refractivity contribution < 1.29 is 29.3 Å². The monoisotopic (exact) mass is 321 g/mol. The Morgan fingerprint density at radius 1 is 1.39 bits per heavy atom. The Morgan fingerprint density at radius 2 is 2.00 bits per heavy atom. The van der Waals surface area contributed by atoms with Gasteiger partial charge < -0.3 is 10.5 Å². The largest absolute Gasteiger partial charge is 1.00 e. The molecule has 0 heterocycles. The van der Waals surface area contributed by atoms with Crippen LogP contribution in [0.15, 0.2) is 18.2 Å². The van der Waals surface area contributed by atoms with Crippen LogP contribution in [-0.4, -0.2) is 13.2 Å². The first kappa shape index (κ1) is 18.8. The third-order valence-electron chi connectivity index (χ3n) is 1.77. The van der Waals surface area contributed by atoms with Crippen LogP contribution in [0.5, 0.6) is 5.75 Å². The molecule has 8 heteroatoms. The summed E-state index contributed by atoms with van der Waals surface area (Å²) in [6.07, 6.45) is 0. The quantitative estimate of drug-likeness (QED) is 0.655. The van der Waals surface area contributed by atoms with Gasteiger partial charge in [-0.15, -0.1) is 0 Å². The smallest absolute Gasteiger partial charge is 1.00 e. The molecule has 0 saturated heterocycles. The van der Waals surface area contributed by atoms with Gasteiger partial charge in [0.2, 0.25) is 0 Å². The van der Waals surface area contributed by atoms with Gasteiger partial charge in [0.1, 0.15) is 5.75 Å². The average Bonchev–Trinajstić information content (AvgIpc) is 2.21. The Morgan fingerprint density at radius 3 is 2.44 bits per heavy atom. The summed E-state index contributed by atoms with van der Waals surface area (Å²) in [5.41, 5.74) is 0. The Bertz CT molecular complexity index is 454. The van der Waals surface area contributed by atoms with E-state index in [0.717, 1.165) is 0 Å². The van der Waals surface area contributed by atoms with Crippen molar-refractivity contribution in [3.63, 3.8) is 0 Å². The molecule has 0 saturated carbocycles. The van der Waals surface area contributed by atoms with Gasteiger partial charge in [0, 0.05) is 18.2 Å². The van der Waals surface area contributed by atoms with Crippen molar-refractivity contribution in [3.05, 3.63) is 28.2 Å². The molecule has 0 spiro atoms. The number of rotatable bonds is 5. The van der Waals surface area contributed by atoms with Crippen molar-refractivity contribution in [2.45, 2.75) is 19.9 Å². The maximum absolute atomic E-state index is 6.01. The predicted octanol–water partition coefficient (Wildman–Crippen LogP) is 1.36. The number of hydrogen-bond acceptors (Lipinski definition) is 3. The van der Waals surface area contributed by atoms with Crippen LogP contribution in [0.1, 0.15) is 15.3 Å². The van der Waals surface area contributed by atoms with E-state index in [-0.39, 0.29) is 26.3 Å². The molecule has 0 aromatic heterocycles. The summed E-state index contributed by atoms with van der Waals surface area (Å²) in [4.78, 5) is 0. The number of benzene rings is 1. The van der Waals surface area contributed by atoms with Crippen LogP contribution >= 0.6 is 29.8 Å². The summed E-state index contributed by atoms with van der Waals surface area (Å²) in [5, 5.41) is 4.04. The van der Waals surface area contributed by atoms with Gasteiger partial charge in [0.25, 0.3) is 0 Å². The summed E-state index contributed by atoms with van der Waals surface area (Å²) < 4.78 is 10.9. The number of nitrogens with one attached hydrogen (secondary N) is 1. The molecule has 98 valence electrons. The average molecular weight is 322 g/mol. The third kappa shape index (κ3) is 5.82. The van der Waals surface area contributed by atoms with Gasteiger partial charge >= 0.3 is 25.5 Å². The van der Waals surface area contributed by atoms with Crippen molar-refractivity contribution in [3.8, 4) is 5.75 Å². The van der Waals surface area contributed by atoms with Crippen LogP contribution in [0.25, 0.3) is 0 Å². The van der Waals surface area contributed by atoms with Gasteiger partial charge in [-0.05, 0) is 43.9 Å². The van der Waals surface area contributed by atoms with E-state index in [9.17, 15) is 0 Å². The minimum absolute atomic E-state index is 0. The molecule has 18 heavy (non-hydrogen) atoms. The molecule has 1 atom stereocenters. The predicted molar refractivity (Wildman–Crippen MR) is 77.8 cm³/mol. The molecule has 0 amide bonds. The van der Waals surface area contributed by atoms with E-state index in [1.165, 1.54) is 7.11 Å². The molecule has 0 radical (unpaired) electrons. The van der Waals surface area contributed by atoms with E-state index in [2.05, 4.69) is 5.09 Å². The fraction of sp³-hybridized carbons (Fsp3) is 0.400. The minimum atomic E-state index is -2.56. The van der Waals surface area contributed by atoms with Gasteiger partial charge in [0.05, 0.1) is 5.02 Å². The molecule has 1 aromatic carbocycles. The van der Waals surface area contributed by atoms with Gasteiger partial charge in [-0.25, -0.2) is 5.09 Å². The maximum Gasteiger partial charge on any atom is 1.00 e. The van der Waals surface area contributed by atoms with Crippen LogP contribution in [0.2, 0.25) is 10.0 Å². The summed E-state index contributed by atoms with van der Waals surface area (Å²) in [5.74, 6) is 0.467. The minimum Gasteiger partial charge on any atom is -1.00 e. The van der Waals surface area contributed by atoms with Gasteiger partial charge in [0.15, 0.2) is 0 Å². The molecule has 0 bridgehead atoms. The SMILES string of the molecule is COP(=S)(NC(C)C)Oc1ccc(Cl)cc1Cl.[H-].[Li+]. The van der Waals surface area contributed by atoms with Crippen molar-refractivity contribution >= 4 is 41.7 Å². The molecule has 0 fully saturated rings. The van der Waals surface area contributed by atoms with Gasteiger partial charge in [-0.1, -0.05) is 23.2 Å². The normalized spacial score (nSPS) is 13.9. The topological polar surface area (TPSA) is 30.5 Å². The molecule has 1 N–H and O–H groups in total. The fourth-order valence-corrected chi connectivity index (χ4v) is 3.77. The Labute approximate surface area is 136 Å². The van der Waals surface area contributed by atoms with Crippen LogP contribution in [0.4, 0.5) is 0 Å². The third-order valence-corrected chi connectivity index (χ3v) is 5.04. The molecule has 1 unspecified atom stereocenters. The molecule has 0 aliphatic heterocycles. The van der Waals surface area contributed by atoms with E-state index in [1.807, 2.05) is 13.8 Å². The number of hydrogen-bond donors (Lipinski definition) is 1. The van der Waals surface area contributed by atoms with Crippen molar-refractivity contribution in [1.82, 2.24) is 5.09 Å². The first-order chi connectivity index (χ1) is 7.86. The van der Waals surface area contributed by atoms with E-state index < -0.39 is 6.64 Å². The van der Waals surface area contributed by atoms with E-state index >= 15 is 0 Å². The Balaban J connectivity index is 0. The van der Waals surface area contributed by atoms with Crippen LogP contribution in [0, 0.1) is 0 Å². The van der Waals surface area contributed by atoms with Crippen LogP contribution < -0.4 is 28.5 Å². The molecule has 3 nitrogen and oxygen atoms in total. The van der Waals surface area contributed by atoms with E-state index in [0.29, 0.717) is 15.8 Å². The van der Waals surface area contributed by atoms with Crippen LogP contribution in [-0.2, 0) is 16.3 Å². The van der Waals surface area contributed by atoms with Crippen molar-refractivity contribution in [2.75, 3.05) is 7.11 Å². The van der Waals surface area contributed by atoms with Gasteiger partial charge in [-0.2, -0.15) is 0 Å². The first-order valence-corrected chi connectivity index (χ1v) is 8.34. The zero-order valence-electron chi connectivity index (χ0n) is 11.7. The Kier molecular flexibility index (Phi) is 8.49. The van der Waals surface area contributed by atoms with E-state index in [4.69, 9.17) is 44.1 Å². The maximum atomic E-state index is 6.01. The van der Waals surface area contributed by atoms with Crippen molar-refractivity contribution in [1.29, 1.82) is 0 Å². The van der Waals surface area contributed by atoms with Crippen LogP contribution in [0.3, 0.4) is 0 Å². The Hall–Kier alpha value is 0.767. The summed E-state index contributed by atoms with van der Waals surface area (Å²) in [6, 6.07) is 5.12. The molecule has 0 aliphatic rings. The standard InChI is InChI=1S/C10H14Cl2NO2PS.Li.H/c1-7(2)13-16(17,14-3)15-10-5-4-8(11)6-9(10)12;;/h4-7H,1-3H3,(H,13,17);;/q;+1;-1. The zero-order chi connectivity index (χ0) is 13.1. The molecule has 0 aliphatic carbocycles. The zero-order valence-corrected chi connectivity index (χ0v) is 14.0. The molecular weight excluding hydrogens is 307 g/mol. The van der Waals surface area contributed by atoms with Crippen molar-refractivity contribution in [2.24, 2.45) is 0 Å². The van der Waals surface area contributed by atoms with E-state index in [1.54, 1.807) is 18.2 Å². The molecular formula is C10H15Cl2LiNO2PS. The molecule has 1 rings (SSSR count). The second kappa shape index (κ2) is 8.14. The second-order valence-electron chi connectivity index (χ2n) is 3.63. The molecule has 1 aromatic rings. The second-order valence-corrected chi connectivity index (χ2v) is 7.72. The summed E-state index contributed by atoms with van der Waals surface area (Å²) >= 11 is 17.1. The summed E-state index contributed by atoms with van der Waals surface area (Å²) in [6.45, 7) is 1.37. The first-order valence-electron chi connectivity index (χ1n) is 4.94. The summed E-state index contributed by atoms with van der Waals surface area (Å²) in [7, 11) is 1.51. The fourth-order valence-electron chi connectivity index (χ4n) is 1.11. The number of halogens is 2. The van der Waals surface area contributed by atoms with Gasteiger partial charge in [-0.3, -0.25) is 0 Å².